The number of aliphatic hydroxyl groups is 2. The Morgan fingerprint density at radius 2 is 0.762 bits per heavy atom. The fourth-order valence-corrected chi connectivity index (χ4v) is 4.62. The van der Waals surface area contributed by atoms with Gasteiger partial charge in [0.1, 0.15) is 11.5 Å². The molecule has 6 nitrogen and oxygen atoms in total. The van der Waals surface area contributed by atoms with Crippen LogP contribution in [0.2, 0.25) is 0 Å². The molecule has 42 heavy (non-hydrogen) atoms. The van der Waals surface area contributed by atoms with Gasteiger partial charge < -0.3 is 29.2 Å². The molecule has 222 valence electrons. The molecule has 0 saturated heterocycles. The van der Waals surface area contributed by atoms with Crippen LogP contribution in [-0.2, 0) is 9.47 Å². The van der Waals surface area contributed by atoms with Gasteiger partial charge in [0.15, 0.2) is 0 Å². The highest BCUT2D eigenvalue weighted by atomic mass is 16.5. The summed E-state index contributed by atoms with van der Waals surface area (Å²) >= 11 is 0. The molecule has 0 bridgehead atoms. The lowest BCUT2D eigenvalue weighted by Crippen LogP contribution is -2.04. The number of hydrogen-bond donors (Lipinski definition) is 2. The molecule has 0 aliphatic carbocycles. The van der Waals surface area contributed by atoms with Crippen molar-refractivity contribution in [2.75, 3.05) is 39.6 Å². The normalized spacial score (nSPS) is 12.6. The van der Waals surface area contributed by atoms with Crippen LogP contribution >= 0.6 is 0 Å². The number of hydrogen-bond acceptors (Lipinski definition) is 6. The third kappa shape index (κ3) is 9.43. The molecule has 2 atom stereocenters. The largest absolute Gasteiger partial charge is 0.494 e. The van der Waals surface area contributed by atoms with Gasteiger partial charge in [0.05, 0.1) is 51.8 Å². The van der Waals surface area contributed by atoms with Gasteiger partial charge in [-0.3, -0.25) is 0 Å². The molecule has 0 fully saturated rings. The van der Waals surface area contributed by atoms with E-state index in [0.717, 1.165) is 57.7 Å². The van der Waals surface area contributed by atoms with E-state index in [1.807, 2.05) is 38.1 Å². The minimum Gasteiger partial charge on any atom is -0.494 e. The fourth-order valence-electron chi connectivity index (χ4n) is 4.62. The van der Waals surface area contributed by atoms with Crippen LogP contribution in [0.15, 0.2) is 97.1 Å². The predicted octanol–water partition coefficient (Wildman–Crippen LogP) is 7.40. The average molecular weight is 571 g/mol. The van der Waals surface area contributed by atoms with Crippen molar-refractivity contribution in [3.63, 3.8) is 0 Å². The molecule has 2 N–H and O–H groups in total. The molecule has 0 radical (unpaired) electrons. The van der Waals surface area contributed by atoms with E-state index in [2.05, 4.69) is 72.8 Å². The average Bonchev–Trinajstić information content (AvgIpc) is 3.05. The number of unbranched alkanes of at least 4 members (excludes halogenated alkanes) is 1. The Morgan fingerprint density at radius 3 is 1.07 bits per heavy atom. The lowest BCUT2D eigenvalue weighted by Gasteiger charge is -2.13. The summed E-state index contributed by atoms with van der Waals surface area (Å²) in [6, 6.07) is 33.0. The summed E-state index contributed by atoms with van der Waals surface area (Å²) in [6.07, 6.45) is 1.72. The van der Waals surface area contributed by atoms with Crippen LogP contribution in [0, 0.1) is 0 Å². The highest BCUT2D eigenvalue weighted by Crippen LogP contribution is 2.27. The van der Waals surface area contributed by atoms with Gasteiger partial charge in [0.25, 0.3) is 0 Å². The molecule has 0 aliphatic heterocycles. The van der Waals surface area contributed by atoms with E-state index in [1.54, 1.807) is 0 Å². The summed E-state index contributed by atoms with van der Waals surface area (Å²) in [7, 11) is 0. The van der Waals surface area contributed by atoms with Crippen LogP contribution in [0.3, 0.4) is 0 Å². The van der Waals surface area contributed by atoms with Crippen molar-refractivity contribution in [3.8, 4) is 33.8 Å². The molecule has 4 rings (SSSR count). The van der Waals surface area contributed by atoms with Crippen molar-refractivity contribution in [2.24, 2.45) is 0 Å². The summed E-state index contributed by atoms with van der Waals surface area (Å²) in [5.74, 6) is 1.72. The molecule has 0 amide bonds. The summed E-state index contributed by atoms with van der Waals surface area (Å²) in [6.45, 7) is 6.00. The van der Waals surface area contributed by atoms with Gasteiger partial charge >= 0.3 is 0 Å². The number of benzene rings is 4. The smallest absolute Gasteiger partial charge is 0.119 e. The van der Waals surface area contributed by atoms with Crippen LogP contribution in [0.1, 0.15) is 50.0 Å². The zero-order chi connectivity index (χ0) is 29.6. The summed E-state index contributed by atoms with van der Waals surface area (Å²) in [4.78, 5) is 0. The summed E-state index contributed by atoms with van der Waals surface area (Å²) < 4.78 is 23.0. The maximum Gasteiger partial charge on any atom is 0.119 e. The van der Waals surface area contributed by atoms with Gasteiger partial charge in [0.2, 0.25) is 0 Å². The molecule has 4 aromatic carbocycles. The van der Waals surface area contributed by atoms with E-state index in [4.69, 9.17) is 29.2 Å². The maximum atomic E-state index is 8.93. The van der Waals surface area contributed by atoms with Gasteiger partial charge in [-0.05, 0) is 84.3 Å². The fraction of sp³-hybridized carbons (Fsp3) is 0.333. The van der Waals surface area contributed by atoms with Crippen LogP contribution in [-0.4, -0.2) is 49.9 Å². The van der Waals surface area contributed by atoms with E-state index >= 15 is 0 Å². The lowest BCUT2D eigenvalue weighted by molar-refractivity contribution is 0.0385. The highest BCUT2D eigenvalue weighted by Gasteiger charge is 2.08. The first kappa shape index (κ1) is 31.3. The molecule has 0 aliphatic rings. The molecular formula is C36H42O6. The topological polar surface area (TPSA) is 77.4 Å². The summed E-state index contributed by atoms with van der Waals surface area (Å²) in [5.41, 5.74) is 6.72. The Morgan fingerprint density at radius 1 is 0.452 bits per heavy atom. The third-order valence-electron chi connectivity index (χ3n) is 7.13. The Labute approximate surface area is 249 Å². The van der Waals surface area contributed by atoms with E-state index < -0.39 is 0 Å². The number of rotatable bonds is 17. The Bertz CT molecular complexity index is 1200. The summed E-state index contributed by atoms with van der Waals surface area (Å²) in [5, 5.41) is 17.9. The first-order valence-electron chi connectivity index (χ1n) is 14.7. The maximum absolute atomic E-state index is 8.93. The van der Waals surface area contributed by atoms with Crippen molar-refractivity contribution in [2.45, 2.75) is 38.9 Å². The second kappa shape index (κ2) is 16.7. The lowest BCUT2D eigenvalue weighted by atomic mass is 10.0. The van der Waals surface area contributed by atoms with E-state index in [-0.39, 0.29) is 25.4 Å². The van der Waals surface area contributed by atoms with Gasteiger partial charge in [-0.2, -0.15) is 0 Å². The molecular weight excluding hydrogens is 528 g/mol. The number of aliphatic hydroxyl groups excluding tert-OH is 2. The zero-order valence-corrected chi connectivity index (χ0v) is 24.6. The van der Waals surface area contributed by atoms with E-state index in [1.165, 1.54) is 0 Å². The van der Waals surface area contributed by atoms with Crippen LogP contribution in [0.4, 0.5) is 0 Å². The van der Waals surface area contributed by atoms with Crippen molar-refractivity contribution in [3.05, 3.63) is 108 Å². The first-order valence-corrected chi connectivity index (χ1v) is 14.7. The van der Waals surface area contributed by atoms with Crippen molar-refractivity contribution in [1.82, 2.24) is 0 Å². The minimum atomic E-state index is -0.0450. The third-order valence-corrected chi connectivity index (χ3v) is 7.13. The Balaban J connectivity index is 1.14. The SMILES string of the molecule is CC(OCCO)c1ccc(-c2ccc(OCCCCOc3ccc(-c4ccc(C(C)OCCO)cc4)cc3)cc2)cc1. The molecule has 6 heteroatoms. The minimum absolute atomic E-state index is 0.0291. The van der Waals surface area contributed by atoms with Gasteiger partial charge in [-0.15, -0.1) is 0 Å². The molecule has 0 aromatic heterocycles. The molecule has 0 spiro atoms. The zero-order valence-electron chi connectivity index (χ0n) is 24.6. The second-order valence-electron chi connectivity index (χ2n) is 10.2. The quantitative estimate of drug-likeness (QED) is 0.129. The van der Waals surface area contributed by atoms with Crippen LogP contribution < -0.4 is 9.47 Å². The monoisotopic (exact) mass is 570 g/mol. The Kier molecular flexibility index (Phi) is 12.4. The van der Waals surface area contributed by atoms with E-state index in [9.17, 15) is 0 Å². The number of ether oxygens (including phenoxy) is 4. The van der Waals surface area contributed by atoms with Gasteiger partial charge in [-0.1, -0.05) is 72.8 Å². The first-order chi connectivity index (χ1) is 20.6. The van der Waals surface area contributed by atoms with Crippen molar-refractivity contribution in [1.29, 1.82) is 0 Å². The second-order valence-corrected chi connectivity index (χ2v) is 10.2. The molecule has 0 saturated carbocycles. The highest BCUT2D eigenvalue weighted by molar-refractivity contribution is 5.65. The molecule has 2 unspecified atom stereocenters. The Hall–Kier alpha value is -3.68. The van der Waals surface area contributed by atoms with Gasteiger partial charge in [0, 0.05) is 0 Å². The van der Waals surface area contributed by atoms with Gasteiger partial charge in [-0.25, -0.2) is 0 Å². The van der Waals surface area contributed by atoms with Crippen LogP contribution in [0.25, 0.3) is 22.3 Å². The standard InChI is InChI=1S/C36H42O6/c1-27(39-25-21-37)29-5-9-31(10-6-29)33-13-17-35(18-14-33)41-23-3-4-24-42-36-19-15-34(16-20-36)32-11-7-30(8-12-32)28(2)40-26-22-38/h5-20,27-28,37-38H,3-4,21-26H2,1-2H3. The molecule has 0 heterocycles. The molecule has 4 aromatic rings. The van der Waals surface area contributed by atoms with E-state index in [0.29, 0.717) is 26.4 Å². The van der Waals surface area contributed by atoms with Crippen molar-refractivity contribution < 1.29 is 29.2 Å². The van der Waals surface area contributed by atoms with Crippen LogP contribution in [0.5, 0.6) is 11.5 Å². The van der Waals surface area contributed by atoms with Crippen molar-refractivity contribution >= 4 is 0 Å². The predicted molar refractivity (Wildman–Crippen MR) is 167 cm³/mol.